The van der Waals surface area contributed by atoms with E-state index in [0.29, 0.717) is 0 Å². The molecule has 0 aliphatic heterocycles. The van der Waals surface area contributed by atoms with Crippen LogP contribution in [0.5, 0.6) is 0 Å². The van der Waals surface area contributed by atoms with Crippen molar-refractivity contribution in [1.82, 2.24) is 0 Å². The van der Waals surface area contributed by atoms with Crippen LogP contribution in [-0.4, -0.2) is 37.0 Å². The van der Waals surface area contributed by atoms with Crippen LogP contribution in [-0.2, 0) is 49.3 Å². The molecule has 0 saturated carbocycles. The van der Waals surface area contributed by atoms with Crippen LogP contribution in [0.3, 0.4) is 0 Å². The zero-order valence-corrected chi connectivity index (χ0v) is 25.8. The quantitative estimate of drug-likeness (QED) is 0.130. The Balaban J connectivity index is 1.47. The molecule has 4 aromatic carbocycles. The van der Waals surface area contributed by atoms with Crippen molar-refractivity contribution < 1.29 is 0 Å². The van der Waals surface area contributed by atoms with Crippen LogP contribution in [0, 0.1) is 0 Å². The summed E-state index contributed by atoms with van der Waals surface area (Å²) < 4.78 is 0. The molecule has 0 heterocycles. The highest BCUT2D eigenvalue weighted by Crippen LogP contribution is 2.54. The molecule has 0 N–H and O–H groups in total. The maximum absolute atomic E-state index is 6.61. The second-order valence-corrected chi connectivity index (χ2v) is 22.0. The Morgan fingerprint density at radius 3 is 0.737 bits per heavy atom. The summed E-state index contributed by atoms with van der Waals surface area (Å²) in [5.74, 6) is 0. The number of benzene rings is 4. The Labute approximate surface area is 240 Å². The molecule has 0 atom stereocenters. The van der Waals surface area contributed by atoms with Crippen molar-refractivity contribution in [3.63, 3.8) is 0 Å². The third-order valence-corrected chi connectivity index (χ3v) is 17.4. The fourth-order valence-electron chi connectivity index (χ4n) is 4.95. The molecule has 38 heavy (non-hydrogen) atoms. The zero-order chi connectivity index (χ0) is 26.5. The number of hydrogen-bond acceptors (Lipinski definition) is 2. The molecule has 0 aromatic heterocycles. The lowest BCUT2D eigenvalue weighted by Crippen LogP contribution is -2.12. The summed E-state index contributed by atoms with van der Waals surface area (Å²) in [7, 11) is 0. The first-order valence-electron chi connectivity index (χ1n) is 13.8. The van der Waals surface area contributed by atoms with E-state index in [2.05, 4.69) is 121 Å². The molecule has 0 spiro atoms. The summed E-state index contributed by atoms with van der Waals surface area (Å²) in [5.41, 5.74) is 5.64. The summed E-state index contributed by atoms with van der Waals surface area (Å²) in [4.78, 5) is 0. The monoisotopic (exact) mass is 574 g/mol. The van der Waals surface area contributed by atoms with Gasteiger partial charge in [-0.3, -0.25) is 0 Å². The standard InChI is InChI=1S/C34H40P2S2/c37-35(25-21-31-13-5-1-6-14-31,26-22-32-15-7-2-8-16-32)29-30-36(38,27-23-33-17-9-3-10-18-33)28-24-34-19-11-4-12-20-34/h1-20H,21-30H2. The van der Waals surface area contributed by atoms with Gasteiger partial charge in [-0.2, -0.15) is 0 Å². The zero-order valence-electron chi connectivity index (χ0n) is 22.3. The second kappa shape index (κ2) is 15.1. The van der Waals surface area contributed by atoms with Crippen molar-refractivity contribution in [1.29, 1.82) is 0 Å². The first kappa shape index (κ1) is 29.2. The fraction of sp³-hybridized carbons (Fsp3) is 0.294. The smallest absolute Gasteiger partial charge is 0.0188 e. The predicted molar refractivity (Wildman–Crippen MR) is 178 cm³/mol. The van der Waals surface area contributed by atoms with Crippen LogP contribution >= 0.6 is 12.1 Å². The van der Waals surface area contributed by atoms with Gasteiger partial charge in [0.25, 0.3) is 0 Å². The molecule has 0 aliphatic carbocycles. The third kappa shape index (κ3) is 10.1. The highest BCUT2D eigenvalue weighted by molar-refractivity contribution is 8.16. The molecule has 0 unspecified atom stereocenters. The Morgan fingerprint density at radius 1 is 0.316 bits per heavy atom. The van der Waals surface area contributed by atoms with Gasteiger partial charge in [0.1, 0.15) is 0 Å². The van der Waals surface area contributed by atoms with Gasteiger partial charge < -0.3 is 0 Å². The van der Waals surface area contributed by atoms with Crippen molar-refractivity contribution in [3.05, 3.63) is 144 Å². The Morgan fingerprint density at radius 2 is 0.526 bits per heavy atom. The molecular formula is C34H40P2S2. The van der Waals surface area contributed by atoms with Crippen LogP contribution in [0.1, 0.15) is 22.3 Å². The lowest BCUT2D eigenvalue weighted by Gasteiger charge is -2.28. The van der Waals surface area contributed by atoms with Gasteiger partial charge in [0, 0.05) is 0 Å². The SMILES string of the molecule is S=P(CCc1ccccc1)(CCc1ccccc1)CCP(=S)(CCc1ccccc1)CCc1ccccc1. The first-order chi connectivity index (χ1) is 18.5. The fourth-order valence-corrected chi connectivity index (χ4v) is 14.4. The molecule has 0 aliphatic rings. The minimum atomic E-state index is -1.54. The van der Waals surface area contributed by atoms with E-state index in [1.54, 1.807) is 0 Å². The second-order valence-electron chi connectivity index (χ2n) is 10.4. The van der Waals surface area contributed by atoms with E-state index in [-0.39, 0.29) is 0 Å². The van der Waals surface area contributed by atoms with Gasteiger partial charge >= 0.3 is 0 Å². The molecular weight excluding hydrogens is 534 g/mol. The molecule has 4 aromatic rings. The van der Waals surface area contributed by atoms with E-state index in [0.717, 1.165) is 62.7 Å². The average Bonchev–Trinajstić information content (AvgIpc) is 2.98. The average molecular weight is 575 g/mol. The molecule has 0 amide bonds. The summed E-state index contributed by atoms with van der Waals surface area (Å²) in [6.07, 6.45) is 11.2. The van der Waals surface area contributed by atoms with Crippen LogP contribution in [0.4, 0.5) is 0 Å². The molecule has 0 nitrogen and oxygen atoms in total. The van der Waals surface area contributed by atoms with E-state index in [1.165, 1.54) is 22.3 Å². The lowest BCUT2D eigenvalue weighted by atomic mass is 10.2. The predicted octanol–water partition coefficient (Wildman–Crippen LogP) is 8.92. The van der Waals surface area contributed by atoms with E-state index in [1.807, 2.05) is 0 Å². The summed E-state index contributed by atoms with van der Waals surface area (Å²) in [6.45, 7) is 0. The van der Waals surface area contributed by atoms with Crippen molar-refractivity contribution in [3.8, 4) is 0 Å². The van der Waals surface area contributed by atoms with Crippen LogP contribution in [0.25, 0.3) is 0 Å². The van der Waals surface area contributed by atoms with Crippen LogP contribution in [0.2, 0.25) is 0 Å². The lowest BCUT2D eigenvalue weighted by molar-refractivity contribution is 1.08. The third-order valence-electron chi connectivity index (χ3n) is 7.52. The van der Waals surface area contributed by atoms with Crippen LogP contribution in [0.15, 0.2) is 121 Å². The Kier molecular flexibility index (Phi) is 11.6. The molecule has 0 bridgehead atoms. The summed E-state index contributed by atoms with van der Waals surface area (Å²) >= 11 is 13.2. The van der Waals surface area contributed by atoms with Gasteiger partial charge in [-0.1, -0.05) is 145 Å². The van der Waals surface area contributed by atoms with Crippen molar-refractivity contribution in [2.45, 2.75) is 25.7 Å². The molecule has 4 heteroatoms. The van der Waals surface area contributed by atoms with Gasteiger partial charge in [-0.25, -0.2) is 0 Å². The summed E-state index contributed by atoms with van der Waals surface area (Å²) in [5, 5.41) is 0. The Hall–Kier alpha value is -1.82. The van der Waals surface area contributed by atoms with Crippen molar-refractivity contribution in [2.75, 3.05) is 37.0 Å². The normalized spacial score (nSPS) is 11.9. The topological polar surface area (TPSA) is 0 Å². The minimum absolute atomic E-state index is 1.09. The largest absolute Gasteiger partial charge is 0.0974 e. The van der Waals surface area contributed by atoms with Crippen molar-refractivity contribution >= 4 is 35.7 Å². The first-order valence-corrected chi connectivity index (χ1v) is 20.5. The van der Waals surface area contributed by atoms with Gasteiger partial charge in [-0.05, 0) is 97.0 Å². The van der Waals surface area contributed by atoms with Gasteiger partial charge in [0.05, 0.1) is 0 Å². The number of rotatable bonds is 15. The number of aryl methyl sites for hydroxylation is 4. The number of hydrogen-bond donors (Lipinski definition) is 0. The maximum atomic E-state index is 6.61. The van der Waals surface area contributed by atoms with E-state index < -0.39 is 12.1 Å². The van der Waals surface area contributed by atoms with E-state index in [9.17, 15) is 0 Å². The van der Waals surface area contributed by atoms with Gasteiger partial charge in [-0.15, -0.1) is 0 Å². The maximum Gasteiger partial charge on any atom is -0.0188 e. The van der Waals surface area contributed by atoms with E-state index >= 15 is 0 Å². The molecule has 198 valence electrons. The highest BCUT2D eigenvalue weighted by atomic mass is 32.4. The molecule has 0 saturated heterocycles. The minimum Gasteiger partial charge on any atom is -0.0974 e. The van der Waals surface area contributed by atoms with Crippen molar-refractivity contribution in [2.24, 2.45) is 0 Å². The molecule has 4 rings (SSSR count). The van der Waals surface area contributed by atoms with Gasteiger partial charge in [0.15, 0.2) is 0 Å². The highest BCUT2D eigenvalue weighted by Gasteiger charge is 2.24. The van der Waals surface area contributed by atoms with Gasteiger partial charge in [0.2, 0.25) is 0 Å². The molecule has 0 radical (unpaired) electrons. The van der Waals surface area contributed by atoms with E-state index in [4.69, 9.17) is 23.6 Å². The summed E-state index contributed by atoms with van der Waals surface area (Å²) in [6, 6.07) is 40.5. The molecule has 0 fully saturated rings. The Bertz CT molecular complexity index is 1110. The van der Waals surface area contributed by atoms with Crippen LogP contribution < -0.4 is 0 Å².